The molecule has 0 bridgehead atoms. The summed E-state index contributed by atoms with van der Waals surface area (Å²) < 4.78 is 0. The Balaban J connectivity index is 3.10. The fraction of sp³-hybridized carbons (Fsp3) is 0.333. The molecule has 0 aromatic rings. The van der Waals surface area contributed by atoms with Gasteiger partial charge in [-0.1, -0.05) is 21.6 Å². The summed E-state index contributed by atoms with van der Waals surface area (Å²) in [4.78, 5) is 27.0. The summed E-state index contributed by atoms with van der Waals surface area (Å²) in [6, 6.07) is 0. The van der Waals surface area contributed by atoms with Gasteiger partial charge in [0.2, 0.25) is 0 Å². The van der Waals surface area contributed by atoms with Gasteiger partial charge in [-0.25, -0.2) is 0 Å². The lowest BCUT2D eigenvalue weighted by Crippen LogP contribution is -1.77. The summed E-state index contributed by atoms with van der Waals surface area (Å²) in [5, 5.41) is 0. The Hall–Kier alpha value is -0.620. The number of aldehydes is 2. The summed E-state index contributed by atoms with van der Waals surface area (Å²) in [5.41, 5.74) is 0. The van der Waals surface area contributed by atoms with Gasteiger partial charge in [0.15, 0.2) is 12.6 Å². The second kappa shape index (κ2) is 10.4. The zero-order valence-electron chi connectivity index (χ0n) is 6.25. The van der Waals surface area contributed by atoms with Gasteiger partial charge in [0.25, 0.3) is 0 Å². The third kappa shape index (κ3) is 9.38. The van der Waals surface area contributed by atoms with Gasteiger partial charge < -0.3 is 0 Å². The quantitative estimate of drug-likeness (QED) is 0.267. The molecule has 0 heterocycles. The molecule has 0 amide bonds. The maximum atomic E-state index is 9.75. The van der Waals surface area contributed by atoms with Crippen LogP contribution in [0.15, 0.2) is 9.98 Å². The minimum atomic E-state index is 0.528. The van der Waals surface area contributed by atoms with E-state index in [0.717, 1.165) is 0 Å². The number of hydrogen-bond donors (Lipinski definition) is 0. The molecule has 6 heteroatoms. The first-order valence-electron chi connectivity index (χ1n) is 3.03. The van der Waals surface area contributed by atoms with Crippen molar-refractivity contribution in [1.82, 2.24) is 0 Å². The molecule has 0 aliphatic heterocycles. The highest BCUT2D eigenvalue weighted by atomic mass is 33.1. The van der Waals surface area contributed by atoms with Crippen LogP contribution >= 0.6 is 21.6 Å². The monoisotopic (exact) mass is 204 g/mol. The van der Waals surface area contributed by atoms with Gasteiger partial charge in [-0.2, -0.15) is 0 Å². The summed E-state index contributed by atoms with van der Waals surface area (Å²) in [6.07, 6.45) is 3.69. The lowest BCUT2D eigenvalue weighted by molar-refractivity contribution is -0.103. The molecule has 0 rings (SSSR count). The van der Waals surface area contributed by atoms with Crippen molar-refractivity contribution in [3.8, 4) is 0 Å². The molecule has 0 fully saturated rings. The summed E-state index contributed by atoms with van der Waals surface area (Å²) in [5.74, 6) is 1.06. The maximum Gasteiger partial charge on any atom is 0.160 e. The van der Waals surface area contributed by atoms with E-state index in [9.17, 15) is 9.59 Å². The third-order valence-electron chi connectivity index (χ3n) is 0.670. The molecule has 0 unspecified atom stereocenters. The first-order chi connectivity index (χ1) is 5.91. The fourth-order valence-electron chi connectivity index (χ4n) is 0.308. The van der Waals surface area contributed by atoms with E-state index < -0.39 is 0 Å². The van der Waals surface area contributed by atoms with E-state index in [4.69, 9.17) is 0 Å². The second-order valence-electron chi connectivity index (χ2n) is 1.43. The molecule has 0 radical (unpaired) electrons. The van der Waals surface area contributed by atoms with E-state index in [2.05, 4.69) is 9.98 Å². The molecule has 0 aliphatic rings. The lowest BCUT2D eigenvalue weighted by Gasteiger charge is -1.90. The Morgan fingerprint density at radius 3 is 1.67 bits per heavy atom. The predicted octanol–water partition coefficient (Wildman–Crippen LogP) is 0.822. The van der Waals surface area contributed by atoms with Crippen molar-refractivity contribution >= 4 is 46.6 Å². The topological polar surface area (TPSA) is 58.9 Å². The van der Waals surface area contributed by atoms with Crippen LogP contribution in [-0.2, 0) is 9.59 Å². The van der Waals surface area contributed by atoms with Gasteiger partial charge in [-0.3, -0.25) is 19.6 Å². The SMILES string of the molecule is O=CC=NCSSCN=CC=O. The Kier molecular flexibility index (Phi) is 9.84. The highest BCUT2D eigenvalue weighted by Gasteiger charge is 1.83. The maximum absolute atomic E-state index is 9.75. The van der Waals surface area contributed by atoms with E-state index in [1.807, 2.05) is 0 Å². The molecule has 0 saturated carbocycles. The average Bonchev–Trinajstić information content (AvgIpc) is 2.10. The highest BCUT2D eigenvalue weighted by molar-refractivity contribution is 8.76. The van der Waals surface area contributed by atoms with Crippen molar-refractivity contribution in [3.05, 3.63) is 0 Å². The van der Waals surface area contributed by atoms with Gasteiger partial charge in [0, 0.05) is 0 Å². The van der Waals surface area contributed by atoms with Crippen LogP contribution in [0.4, 0.5) is 0 Å². The van der Waals surface area contributed by atoms with Gasteiger partial charge in [0.05, 0.1) is 24.2 Å². The fourth-order valence-corrected chi connectivity index (χ4v) is 1.56. The third-order valence-corrected chi connectivity index (χ3v) is 2.48. The van der Waals surface area contributed by atoms with Crippen LogP contribution in [0.1, 0.15) is 0 Å². The molecule has 0 aromatic heterocycles. The number of rotatable bonds is 7. The highest BCUT2D eigenvalue weighted by Crippen LogP contribution is 2.20. The van der Waals surface area contributed by atoms with Crippen LogP contribution in [-0.4, -0.2) is 36.8 Å². The van der Waals surface area contributed by atoms with E-state index in [0.29, 0.717) is 24.3 Å². The van der Waals surface area contributed by atoms with Gasteiger partial charge in [0.1, 0.15) is 0 Å². The smallest absolute Gasteiger partial charge is 0.160 e. The van der Waals surface area contributed by atoms with Crippen LogP contribution in [0.2, 0.25) is 0 Å². The molecular formula is C6H8N2O2S2. The van der Waals surface area contributed by atoms with Crippen molar-refractivity contribution < 1.29 is 9.59 Å². The van der Waals surface area contributed by atoms with E-state index in [-0.39, 0.29) is 0 Å². The summed E-state index contributed by atoms with van der Waals surface area (Å²) >= 11 is 0. The normalized spacial score (nSPS) is 11.0. The van der Waals surface area contributed by atoms with Crippen LogP contribution < -0.4 is 0 Å². The van der Waals surface area contributed by atoms with Gasteiger partial charge in [-0.15, -0.1) is 0 Å². The van der Waals surface area contributed by atoms with Gasteiger partial charge in [-0.05, 0) is 0 Å². The Morgan fingerprint density at radius 1 is 0.917 bits per heavy atom. The summed E-state index contributed by atoms with van der Waals surface area (Å²) in [7, 11) is 2.95. The minimum absolute atomic E-state index is 0.528. The van der Waals surface area contributed by atoms with Crippen molar-refractivity contribution in [2.24, 2.45) is 9.98 Å². The molecule has 0 atom stereocenters. The number of nitrogens with zero attached hydrogens (tertiary/aromatic N) is 2. The molecule has 66 valence electrons. The zero-order valence-corrected chi connectivity index (χ0v) is 7.88. The lowest BCUT2D eigenvalue weighted by atomic mass is 10.9. The standard InChI is InChI=1S/C6H8N2O2S2/c9-3-1-7-5-11-12-6-8-2-4-10/h1-4H,5-6H2. The number of hydrogen-bond acceptors (Lipinski definition) is 6. The van der Waals surface area contributed by atoms with Crippen LogP contribution in [0.5, 0.6) is 0 Å². The molecule has 0 spiro atoms. The van der Waals surface area contributed by atoms with E-state index in [1.54, 1.807) is 0 Å². The first-order valence-corrected chi connectivity index (χ1v) is 5.52. The molecule has 0 aromatic carbocycles. The van der Waals surface area contributed by atoms with E-state index >= 15 is 0 Å². The predicted molar refractivity (Wildman–Crippen MR) is 54.0 cm³/mol. The minimum Gasteiger partial charge on any atom is -0.297 e. The Bertz CT molecular complexity index is 162. The van der Waals surface area contributed by atoms with Crippen LogP contribution in [0.25, 0.3) is 0 Å². The van der Waals surface area contributed by atoms with Crippen molar-refractivity contribution in [2.75, 3.05) is 11.8 Å². The summed E-state index contributed by atoms with van der Waals surface area (Å²) in [6.45, 7) is 0. The van der Waals surface area contributed by atoms with Crippen LogP contribution in [0, 0.1) is 0 Å². The average molecular weight is 204 g/mol. The van der Waals surface area contributed by atoms with E-state index in [1.165, 1.54) is 34.0 Å². The Labute approximate surface area is 78.3 Å². The Morgan fingerprint density at radius 2 is 1.33 bits per heavy atom. The molecule has 0 N–H and O–H groups in total. The largest absolute Gasteiger partial charge is 0.297 e. The molecular weight excluding hydrogens is 196 g/mol. The van der Waals surface area contributed by atoms with Crippen molar-refractivity contribution in [2.45, 2.75) is 0 Å². The molecule has 12 heavy (non-hydrogen) atoms. The molecule has 0 aliphatic carbocycles. The first kappa shape index (κ1) is 11.4. The van der Waals surface area contributed by atoms with Crippen LogP contribution in [0.3, 0.4) is 0 Å². The zero-order chi connectivity index (χ0) is 9.07. The van der Waals surface area contributed by atoms with Crippen molar-refractivity contribution in [1.29, 1.82) is 0 Å². The second-order valence-corrected chi connectivity index (χ2v) is 3.83. The van der Waals surface area contributed by atoms with Crippen molar-refractivity contribution in [3.63, 3.8) is 0 Å². The number of aliphatic imine (C=N–C) groups is 2. The molecule has 4 nitrogen and oxygen atoms in total. The number of carbonyl (C=O) groups excluding carboxylic acids is 2. The van der Waals surface area contributed by atoms with Gasteiger partial charge >= 0.3 is 0 Å². The molecule has 0 saturated heterocycles. The number of carbonyl (C=O) groups is 2.